The van der Waals surface area contributed by atoms with E-state index in [1.54, 1.807) is 6.07 Å². The van der Waals surface area contributed by atoms with Crippen molar-refractivity contribution in [2.24, 2.45) is 0 Å². The van der Waals surface area contributed by atoms with E-state index >= 15 is 0 Å². The van der Waals surface area contributed by atoms with E-state index in [1.807, 2.05) is 0 Å². The SMILES string of the molecule is O=S(=O)(Nc1ccc2c(c1)OC1(CCCCC1)O2)c1ccc(F)c(F)c1F. The number of fused-ring (bicyclic) bond motifs is 1. The third-order valence-corrected chi connectivity index (χ3v) is 6.09. The van der Waals surface area contributed by atoms with Crippen molar-refractivity contribution in [3.8, 4) is 11.5 Å². The van der Waals surface area contributed by atoms with Crippen LogP contribution in [0.3, 0.4) is 0 Å². The maximum absolute atomic E-state index is 13.8. The lowest BCUT2D eigenvalue weighted by Crippen LogP contribution is -2.40. The van der Waals surface area contributed by atoms with E-state index in [0.29, 0.717) is 23.6 Å². The Morgan fingerprint density at radius 2 is 1.59 bits per heavy atom. The van der Waals surface area contributed by atoms with Crippen molar-refractivity contribution in [1.29, 1.82) is 0 Å². The van der Waals surface area contributed by atoms with Gasteiger partial charge in [0.25, 0.3) is 15.8 Å². The Morgan fingerprint density at radius 1 is 0.889 bits per heavy atom. The topological polar surface area (TPSA) is 64.6 Å². The fourth-order valence-corrected chi connectivity index (χ4v) is 4.50. The molecule has 2 aliphatic rings. The molecule has 1 spiro atoms. The largest absolute Gasteiger partial charge is 0.448 e. The van der Waals surface area contributed by atoms with Crippen LogP contribution in [0.1, 0.15) is 32.1 Å². The summed E-state index contributed by atoms with van der Waals surface area (Å²) >= 11 is 0. The Bertz CT molecular complexity index is 1000. The maximum atomic E-state index is 13.8. The molecule has 2 aromatic carbocycles. The predicted octanol–water partition coefficient (Wildman–Crippen LogP) is 4.34. The summed E-state index contributed by atoms with van der Waals surface area (Å²) in [4.78, 5) is -0.984. The number of nitrogens with one attached hydrogen (secondary N) is 1. The lowest BCUT2D eigenvalue weighted by atomic mass is 9.94. The molecule has 1 aliphatic heterocycles. The summed E-state index contributed by atoms with van der Waals surface area (Å²) in [5.41, 5.74) is 0.0920. The fraction of sp³-hybridized carbons (Fsp3) is 0.333. The van der Waals surface area contributed by atoms with Crippen LogP contribution in [-0.2, 0) is 10.0 Å². The molecule has 144 valence electrons. The van der Waals surface area contributed by atoms with Crippen LogP contribution >= 0.6 is 0 Å². The molecule has 0 aromatic heterocycles. The van der Waals surface area contributed by atoms with E-state index in [4.69, 9.17) is 9.47 Å². The summed E-state index contributed by atoms with van der Waals surface area (Å²) in [7, 11) is -4.46. The van der Waals surface area contributed by atoms with Gasteiger partial charge >= 0.3 is 0 Å². The molecule has 0 radical (unpaired) electrons. The molecule has 2 aromatic rings. The molecule has 9 heteroatoms. The highest BCUT2D eigenvalue weighted by atomic mass is 32.2. The standard InChI is InChI=1S/C18H16F3NO4S/c19-12-5-7-15(17(21)16(12)20)27(23,24)22-11-4-6-13-14(10-11)26-18(25-13)8-2-1-3-9-18/h4-7,10,22H,1-3,8-9H2. The van der Waals surface area contributed by atoms with Gasteiger partial charge in [0.1, 0.15) is 4.90 Å². The van der Waals surface area contributed by atoms with Crippen LogP contribution in [0, 0.1) is 17.5 Å². The van der Waals surface area contributed by atoms with Crippen molar-refractivity contribution < 1.29 is 31.1 Å². The number of halogens is 3. The maximum Gasteiger partial charge on any atom is 0.264 e. The zero-order chi connectivity index (χ0) is 19.2. The second-order valence-corrected chi connectivity index (χ2v) is 8.27. The predicted molar refractivity (Wildman–Crippen MR) is 90.6 cm³/mol. The number of ether oxygens (including phenoxy) is 2. The first-order valence-electron chi connectivity index (χ1n) is 8.48. The minimum atomic E-state index is -4.46. The van der Waals surface area contributed by atoms with E-state index in [-0.39, 0.29) is 5.69 Å². The summed E-state index contributed by atoms with van der Waals surface area (Å²) in [5, 5.41) is 0. The summed E-state index contributed by atoms with van der Waals surface area (Å²) in [6.45, 7) is 0. The molecule has 1 heterocycles. The molecular formula is C18H16F3NO4S. The molecule has 1 fully saturated rings. The van der Waals surface area contributed by atoms with Crippen LogP contribution in [0.15, 0.2) is 35.2 Å². The van der Waals surface area contributed by atoms with Gasteiger partial charge in [-0.25, -0.2) is 21.6 Å². The average Bonchev–Trinajstić information content (AvgIpc) is 2.96. The van der Waals surface area contributed by atoms with E-state index < -0.39 is 38.2 Å². The van der Waals surface area contributed by atoms with Crippen molar-refractivity contribution in [2.75, 3.05) is 4.72 Å². The van der Waals surface area contributed by atoms with Gasteiger partial charge in [-0.15, -0.1) is 0 Å². The summed E-state index contributed by atoms with van der Waals surface area (Å²) in [6.07, 6.45) is 4.53. The van der Waals surface area contributed by atoms with Crippen molar-refractivity contribution in [1.82, 2.24) is 0 Å². The Morgan fingerprint density at radius 3 is 2.33 bits per heavy atom. The van der Waals surface area contributed by atoms with Crippen molar-refractivity contribution in [3.63, 3.8) is 0 Å². The first kappa shape index (κ1) is 18.0. The fourth-order valence-electron chi connectivity index (χ4n) is 3.38. The highest BCUT2D eigenvalue weighted by molar-refractivity contribution is 7.92. The van der Waals surface area contributed by atoms with Gasteiger partial charge in [-0.05, 0) is 37.1 Å². The van der Waals surface area contributed by atoms with Gasteiger partial charge in [0.2, 0.25) is 0 Å². The molecule has 0 bridgehead atoms. The first-order valence-corrected chi connectivity index (χ1v) is 9.96. The zero-order valence-corrected chi connectivity index (χ0v) is 14.9. The molecule has 0 saturated heterocycles. The van der Waals surface area contributed by atoms with Gasteiger partial charge in [0, 0.05) is 18.9 Å². The van der Waals surface area contributed by atoms with Crippen LogP contribution in [-0.4, -0.2) is 14.2 Å². The summed E-state index contributed by atoms with van der Waals surface area (Å²) < 4.78 is 78.9. The molecule has 1 aliphatic carbocycles. The van der Waals surface area contributed by atoms with E-state index in [1.165, 1.54) is 12.1 Å². The Balaban J connectivity index is 1.60. The number of benzene rings is 2. The van der Waals surface area contributed by atoms with E-state index in [9.17, 15) is 21.6 Å². The minimum Gasteiger partial charge on any atom is -0.448 e. The number of anilines is 1. The normalized spacial score (nSPS) is 17.9. The zero-order valence-electron chi connectivity index (χ0n) is 14.1. The number of sulfonamides is 1. The highest BCUT2D eigenvalue weighted by Crippen LogP contribution is 2.46. The molecule has 27 heavy (non-hydrogen) atoms. The summed E-state index contributed by atoms with van der Waals surface area (Å²) in [6, 6.07) is 5.63. The van der Waals surface area contributed by atoms with Crippen molar-refractivity contribution in [2.45, 2.75) is 42.8 Å². The van der Waals surface area contributed by atoms with E-state index in [2.05, 4.69) is 4.72 Å². The number of hydrogen-bond acceptors (Lipinski definition) is 4. The first-order chi connectivity index (χ1) is 12.8. The molecule has 1 N–H and O–H groups in total. The highest BCUT2D eigenvalue weighted by Gasteiger charge is 2.42. The summed E-state index contributed by atoms with van der Waals surface area (Å²) in [5.74, 6) is -4.93. The second kappa shape index (κ2) is 6.33. The Labute approximate surface area is 154 Å². The van der Waals surface area contributed by atoms with Crippen molar-refractivity contribution >= 4 is 15.7 Å². The van der Waals surface area contributed by atoms with Crippen LogP contribution in [0.5, 0.6) is 11.5 Å². The molecule has 0 unspecified atom stereocenters. The molecule has 4 rings (SSSR count). The van der Waals surface area contributed by atoms with Crippen LogP contribution in [0.4, 0.5) is 18.9 Å². The van der Waals surface area contributed by atoms with Gasteiger partial charge in [-0.3, -0.25) is 4.72 Å². The quantitative estimate of drug-likeness (QED) is 0.780. The molecule has 0 atom stereocenters. The van der Waals surface area contributed by atoms with Gasteiger partial charge < -0.3 is 9.47 Å². The molecule has 1 saturated carbocycles. The van der Waals surface area contributed by atoms with Crippen LogP contribution in [0.2, 0.25) is 0 Å². The van der Waals surface area contributed by atoms with Crippen molar-refractivity contribution in [3.05, 3.63) is 47.8 Å². The molecule has 0 amide bonds. The van der Waals surface area contributed by atoms with Gasteiger partial charge in [-0.1, -0.05) is 6.42 Å². The van der Waals surface area contributed by atoms with Gasteiger partial charge in [-0.2, -0.15) is 0 Å². The smallest absolute Gasteiger partial charge is 0.264 e. The van der Waals surface area contributed by atoms with Gasteiger partial charge in [0.05, 0.1) is 5.69 Å². The average molecular weight is 399 g/mol. The molecule has 5 nitrogen and oxygen atoms in total. The second-order valence-electron chi connectivity index (χ2n) is 6.62. The lowest BCUT2D eigenvalue weighted by Gasteiger charge is -2.31. The van der Waals surface area contributed by atoms with Gasteiger partial charge in [0.15, 0.2) is 29.0 Å². The third-order valence-electron chi connectivity index (χ3n) is 4.69. The third kappa shape index (κ3) is 3.20. The van der Waals surface area contributed by atoms with E-state index in [0.717, 1.165) is 32.1 Å². The monoisotopic (exact) mass is 399 g/mol. The van der Waals surface area contributed by atoms with Crippen LogP contribution < -0.4 is 14.2 Å². The number of hydrogen-bond donors (Lipinski definition) is 1. The minimum absolute atomic E-state index is 0.0920. The van der Waals surface area contributed by atoms with Crippen LogP contribution in [0.25, 0.3) is 0 Å². The molecular weight excluding hydrogens is 383 g/mol. The lowest BCUT2D eigenvalue weighted by molar-refractivity contribution is -0.105. The Kier molecular flexibility index (Phi) is 4.21. The number of rotatable bonds is 3. The Hall–Kier alpha value is -2.42.